The number of nitrogens with zero attached hydrogens (tertiary/aromatic N) is 9. The number of carbonyl (C=O) groups is 1. The van der Waals surface area contributed by atoms with Crippen LogP contribution in [0.4, 0.5) is 13.2 Å². The number of halogens is 4. The first-order chi connectivity index (χ1) is 44.1. The second-order valence-electron chi connectivity index (χ2n) is 31.1. The summed E-state index contributed by atoms with van der Waals surface area (Å²) < 4.78 is 41.7. The second-order valence-corrected chi connectivity index (χ2v) is 31.5. The van der Waals surface area contributed by atoms with Gasteiger partial charge in [0.2, 0.25) is 5.91 Å². The Bertz CT molecular complexity index is 2140. The predicted molar refractivity (Wildman–Crippen MR) is 382 cm³/mol. The first-order valence-corrected chi connectivity index (χ1v) is 38.1. The fourth-order valence-electron chi connectivity index (χ4n) is 16.6. The smallest absolute Gasteiger partial charge is 0.341 e. The average molecular weight is 1320 g/mol. The van der Waals surface area contributed by atoms with Gasteiger partial charge >= 0.3 is 6.18 Å². The zero-order chi connectivity index (χ0) is 66.6. The van der Waals surface area contributed by atoms with Crippen LogP contribution in [0.15, 0.2) is 18.2 Å². The number of carbonyl (C=O) groups excluding carboxylic acids is 1. The molecule has 0 aromatic heterocycles. The van der Waals surface area contributed by atoms with E-state index in [9.17, 15) is 13.2 Å². The molecule has 1 spiro atoms. The van der Waals surface area contributed by atoms with Crippen molar-refractivity contribution in [1.29, 1.82) is 0 Å². The van der Waals surface area contributed by atoms with Gasteiger partial charge in [-0.3, -0.25) is 9.69 Å². The number of alkyl halides is 3. The highest BCUT2D eigenvalue weighted by Gasteiger charge is 2.40. The lowest BCUT2D eigenvalue weighted by Gasteiger charge is -2.45. The fourth-order valence-corrected chi connectivity index (χ4v) is 16.9. The van der Waals surface area contributed by atoms with Crippen molar-refractivity contribution in [2.24, 2.45) is 29.4 Å². The highest BCUT2D eigenvalue weighted by Crippen LogP contribution is 2.37. The van der Waals surface area contributed by atoms with Crippen molar-refractivity contribution in [3.05, 3.63) is 34.3 Å². The fraction of sp³-hybridized carbons (Fsp3) is 0.905. The molecule has 0 radical (unpaired) electrons. The number of piperidine rings is 1. The highest BCUT2D eigenvalue weighted by molar-refractivity contribution is 6.31. The summed E-state index contributed by atoms with van der Waals surface area (Å²) in [5, 5.41) is 12.3. The molecule has 92 heavy (non-hydrogen) atoms. The van der Waals surface area contributed by atoms with Gasteiger partial charge in [-0.05, 0) is 194 Å². The molecule has 5 fully saturated rings. The summed E-state index contributed by atoms with van der Waals surface area (Å²) in [5.74, 6) is 2.79. The second kappa shape index (κ2) is 41.6. The van der Waals surface area contributed by atoms with Gasteiger partial charge in [0.05, 0.1) is 16.6 Å². The van der Waals surface area contributed by atoms with Crippen LogP contribution in [0.1, 0.15) is 193 Å². The summed E-state index contributed by atoms with van der Waals surface area (Å²) in [6.07, 6.45) is 24.5. The number of likely N-dealkylation sites (tertiary alicyclic amines) is 1. The Morgan fingerprint density at radius 1 is 0.674 bits per heavy atom. The van der Waals surface area contributed by atoms with Crippen molar-refractivity contribution < 1.29 is 18.0 Å². The van der Waals surface area contributed by atoms with E-state index < -0.39 is 11.7 Å². The summed E-state index contributed by atoms with van der Waals surface area (Å²) in [7, 11) is 16.3. The largest absolute Gasteiger partial charge is 0.417 e. The Balaban J connectivity index is 1.29. The van der Waals surface area contributed by atoms with Crippen LogP contribution in [0.2, 0.25) is 5.02 Å². The van der Waals surface area contributed by atoms with Crippen LogP contribution in [-0.4, -0.2) is 265 Å². The van der Waals surface area contributed by atoms with E-state index in [1.165, 1.54) is 96.0 Å². The molecule has 2 aliphatic heterocycles. The number of unbranched alkanes of at least 4 members (excludes halogenated alkanes) is 1. The minimum atomic E-state index is -4.49. The van der Waals surface area contributed by atoms with Crippen LogP contribution in [0.25, 0.3) is 0 Å². The van der Waals surface area contributed by atoms with Gasteiger partial charge in [0, 0.05) is 147 Å². The maximum Gasteiger partial charge on any atom is 0.417 e. The Morgan fingerprint density at radius 2 is 1.33 bits per heavy atom. The van der Waals surface area contributed by atoms with E-state index in [1.54, 1.807) is 6.07 Å². The first kappa shape index (κ1) is 79.3. The number of aryl methyl sites for hydroxylation is 1. The molecule has 6 rings (SSSR count). The quantitative estimate of drug-likeness (QED) is 0.125. The lowest BCUT2D eigenvalue weighted by atomic mass is 9.82. The average Bonchev–Trinajstić information content (AvgIpc) is 1.42. The number of nitrogens with one attached hydrogen (secondary N) is 3. The van der Waals surface area contributed by atoms with Gasteiger partial charge in [-0.1, -0.05) is 116 Å². The van der Waals surface area contributed by atoms with E-state index in [0.29, 0.717) is 60.8 Å². The summed E-state index contributed by atoms with van der Waals surface area (Å²) >= 11 is 6.35. The molecule has 7 atom stereocenters. The third kappa shape index (κ3) is 27.5. The molecule has 534 valence electrons. The van der Waals surface area contributed by atoms with Crippen LogP contribution in [-0.2, 0) is 17.4 Å². The van der Waals surface area contributed by atoms with Crippen molar-refractivity contribution in [2.75, 3.05) is 174 Å². The van der Waals surface area contributed by atoms with Crippen LogP contribution in [0.5, 0.6) is 0 Å². The molecule has 3 saturated carbocycles. The standard InChI is InChI=1S/C74H139ClF3N13O/c1-12-60(4)69-56-85(7)47-46-83(5)48-49-87(9)66(51-61-26-16-13-17-27-61)55-84(6)44-38-80-64(32-30-62-31-33-67(68(75)52-62)74(76,77)78)54-90(40-25-22-37-79)45-39-82-73(35-20-21-36-73)58-89(11)71(63-28-18-14-19-29-63)57-88(10)70(72(92)91-41-23-15-24-42-91)34-43-86(8)65(53-81-69)50-59(2)3/h31,33,52,59-61,63-66,69-71,80-82H,12-30,32,34-51,53-58,79H2,1-11H3/t60-,64-,65-,66-,69+,70-,71+/m0/s1. The lowest BCUT2D eigenvalue weighted by molar-refractivity contribution is -0.138. The molecular formula is C74H139ClF3N13O. The molecule has 1 aromatic carbocycles. The van der Waals surface area contributed by atoms with Crippen molar-refractivity contribution in [1.82, 2.24) is 60.0 Å². The SMILES string of the molecule is CC[C@H](C)[C@H]1CN(C)CCN(C)CCN(C)[C@@H](CC2CCCCC2)CN(C)CCN[C@@H](CCc2ccc(C(F)(F)F)c(Cl)c2)CN(CCCCN)CCNC2(CCCC2)CN(C)[C@@H](C2CCCCC2)CN(C)[C@H](C(=O)N2CCCCC2)CCN(C)[C@@H](CC(C)C)CN1. The van der Waals surface area contributed by atoms with Gasteiger partial charge in [0.15, 0.2) is 0 Å². The van der Waals surface area contributed by atoms with Gasteiger partial charge < -0.3 is 60.9 Å². The third-order valence-corrected chi connectivity index (χ3v) is 23.3. The van der Waals surface area contributed by atoms with Crippen LogP contribution < -0.4 is 21.7 Å². The number of hydrogen-bond acceptors (Lipinski definition) is 13. The van der Waals surface area contributed by atoms with Crippen molar-refractivity contribution in [3.8, 4) is 0 Å². The lowest BCUT2D eigenvalue weighted by Crippen LogP contribution is -2.59. The minimum Gasteiger partial charge on any atom is -0.341 e. The maximum absolute atomic E-state index is 15.1. The minimum absolute atomic E-state index is 0.00239. The molecule has 5 N–H and O–H groups in total. The van der Waals surface area contributed by atoms with E-state index in [-0.39, 0.29) is 22.6 Å². The highest BCUT2D eigenvalue weighted by atomic mass is 35.5. The van der Waals surface area contributed by atoms with E-state index in [4.69, 9.17) is 17.3 Å². The molecule has 3 aliphatic carbocycles. The monoisotopic (exact) mass is 1320 g/mol. The Labute approximate surface area is 566 Å². The number of rotatable bonds is 15. The molecule has 1 aromatic rings. The van der Waals surface area contributed by atoms with Gasteiger partial charge in [-0.15, -0.1) is 0 Å². The molecular weight excluding hydrogens is 1180 g/mol. The molecule has 1 amide bonds. The predicted octanol–water partition coefficient (Wildman–Crippen LogP) is 11.2. The zero-order valence-corrected chi connectivity index (χ0v) is 61.4. The molecule has 2 saturated heterocycles. The van der Waals surface area contributed by atoms with Crippen LogP contribution in [0, 0.1) is 23.7 Å². The number of hydrogen-bond donors (Lipinski definition) is 4. The molecule has 14 nitrogen and oxygen atoms in total. The van der Waals surface area contributed by atoms with Gasteiger partial charge in [-0.25, -0.2) is 0 Å². The molecule has 0 unspecified atom stereocenters. The number of amides is 1. The van der Waals surface area contributed by atoms with Crippen molar-refractivity contribution in [3.63, 3.8) is 0 Å². The van der Waals surface area contributed by atoms with Gasteiger partial charge in [0.25, 0.3) is 0 Å². The van der Waals surface area contributed by atoms with Gasteiger partial charge in [-0.2, -0.15) is 13.2 Å². The molecule has 2 heterocycles. The van der Waals surface area contributed by atoms with Crippen molar-refractivity contribution in [2.45, 2.75) is 236 Å². The van der Waals surface area contributed by atoms with Crippen LogP contribution >= 0.6 is 11.6 Å². The number of nitrogens with two attached hydrogens (primary N) is 1. The topological polar surface area (TPSA) is 108 Å². The Kier molecular flexibility index (Phi) is 35.9. The summed E-state index contributed by atoms with van der Waals surface area (Å²) in [6, 6.07) is 5.79. The summed E-state index contributed by atoms with van der Waals surface area (Å²) in [6.45, 7) is 27.0. The molecule has 5 aliphatic rings. The van der Waals surface area contributed by atoms with E-state index in [1.807, 2.05) is 0 Å². The number of benzene rings is 1. The van der Waals surface area contributed by atoms with Crippen LogP contribution in [0.3, 0.4) is 0 Å². The van der Waals surface area contributed by atoms with E-state index in [2.05, 4.69) is 137 Å². The van der Waals surface area contributed by atoms with E-state index >= 15 is 4.79 Å². The van der Waals surface area contributed by atoms with Gasteiger partial charge in [0.1, 0.15) is 0 Å². The normalized spacial score (nSPS) is 28.4. The Morgan fingerprint density at radius 3 is 1.99 bits per heavy atom. The van der Waals surface area contributed by atoms with Crippen molar-refractivity contribution >= 4 is 17.5 Å². The third-order valence-electron chi connectivity index (χ3n) is 23.0. The maximum atomic E-state index is 15.1. The summed E-state index contributed by atoms with van der Waals surface area (Å²) in [4.78, 5) is 38.2. The summed E-state index contributed by atoms with van der Waals surface area (Å²) in [5.41, 5.74) is 6.22. The van der Waals surface area contributed by atoms with E-state index in [0.717, 1.165) is 200 Å². The molecule has 18 heteroatoms. The molecule has 0 bridgehead atoms. The Hall–Kier alpha value is -1.71. The first-order valence-electron chi connectivity index (χ1n) is 37.7. The number of likely N-dealkylation sites (N-methyl/N-ethyl adjacent to an activating group) is 7. The zero-order valence-electron chi connectivity index (χ0n) is 60.6.